The Hall–Kier alpha value is 2.25. The summed E-state index contributed by atoms with van der Waals surface area (Å²) in [6.07, 6.45) is 0. The van der Waals surface area contributed by atoms with Gasteiger partial charge in [-0.15, -0.1) is 0 Å². The Morgan fingerprint density at radius 1 is 1.00 bits per heavy atom. The molecule has 0 aromatic carbocycles. The summed E-state index contributed by atoms with van der Waals surface area (Å²) in [6, 6.07) is 0. The molecule has 0 nitrogen and oxygen atoms in total. The van der Waals surface area contributed by atoms with Crippen molar-refractivity contribution >= 4 is 62.9 Å². The van der Waals surface area contributed by atoms with E-state index in [0.29, 0.717) is 0 Å². The van der Waals surface area contributed by atoms with E-state index in [2.05, 4.69) is 0 Å². The Morgan fingerprint density at radius 2 is 1.33 bits per heavy atom. The maximum atomic E-state index is 6.00. The van der Waals surface area contributed by atoms with Crippen molar-refractivity contribution in [2.24, 2.45) is 0 Å². The van der Waals surface area contributed by atoms with Crippen LogP contribution in [0.25, 0.3) is 0 Å². The minimum atomic E-state index is -2.87. The van der Waals surface area contributed by atoms with Gasteiger partial charge in [-0.1, -0.05) is 0 Å². The number of halogens is 4. The average molecular weight is 331 g/mol. The van der Waals surface area contributed by atoms with Gasteiger partial charge >= 0.3 is 78.5 Å². The molecular formula is C3H8Cl4Ge2. The van der Waals surface area contributed by atoms with E-state index in [4.69, 9.17) is 40.0 Å². The molecule has 0 aliphatic carbocycles. The molecule has 0 radical (unpaired) electrons. The second-order valence-electron chi connectivity index (χ2n) is 2.51. The van der Waals surface area contributed by atoms with Crippen molar-refractivity contribution in [1.82, 2.24) is 0 Å². The molecule has 0 spiro atoms. The van der Waals surface area contributed by atoms with E-state index in [1.807, 2.05) is 11.5 Å². The Labute approximate surface area is 77.6 Å². The van der Waals surface area contributed by atoms with E-state index >= 15 is 0 Å². The van der Waals surface area contributed by atoms with E-state index in [0.717, 1.165) is 4.09 Å². The van der Waals surface area contributed by atoms with Crippen LogP contribution in [0.1, 0.15) is 0 Å². The van der Waals surface area contributed by atoms with Crippen LogP contribution in [-0.2, 0) is 0 Å². The van der Waals surface area contributed by atoms with Crippen LogP contribution < -0.4 is 0 Å². The zero-order valence-corrected chi connectivity index (χ0v) is 12.4. The van der Waals surface area contributed by atoms with Gasteiger partial charge in [0.05, 0.1) is 0 Å². The van der Waals surface area contributed by atoms with Crippen LogP contribution in [-0.4, -0.2) is 22.8 Å². The quantitative estimate of drug-likeness (QED) is 0.678. The summed E-state index contributed by atoms with van der Waals surface area (Å²) in [6.45, 7) is 0. The van der Waals surface area contributed by atoms with E-state index in [-0.39, 0.29) is 0 Å². The summed E-state index contributed by atoms with van der Waals surface area (Å²) < 4.78 is 0.728. The second kappa shape index (κ2) is 3.77. The van der Waals surface area contributed by atoms with Crippen molar-refractivity contribution < 1.29 is 0 Å². The summed E-state index contributed by atoms with van der Waals surface area (Å²) in [5, 5.41) is 0. The molecule has 6 heteroatoms. The van der Waals surface area contributed by atoms with Gasteiger partial charge in [-0.05, 0) is 0 Å². The molecule has 0 rings (SSSR count). The fourth-order valence-electron chi connectivity index (χ4n) is 0.477. The Kier molecular flexibility index (Phi) is 4.71. The zero-order chi connectivity index (χ0) is 7.71. The minimum absolute atomic E-state index is 0.728. The molecule has 0 aliphatic heterocycles. The molecule has 0 fully saturated rings. The van der Waals surface area contributed by atoms with Gasteiger partial charge in [0.15, 0.2) is 0 Å². The third kappa shape index (κ3) is 10.2. The van der Waals surface area contributed by atoms with Gasteiger partial charge in [-0.2, -0.15) is 0 Å². The summed E-state index contributed by atoms with van der Waals surface area (Å²) in [5.74, 6) is 4.07. The van der Waals surface area contributed by atoms with Crippen LogP contribution in [0.15, 0.2) is 0 Å². The van der Waals surface area contributed by atoms with Crippen molar-refractivity contribution in [1.29, 1.82) is 0 Å². The normalized spacial score (nSPS) is 14.0. The molecule has 0 amide bonds. The molecule has 0 unspecified atom stereocenters. The van der Waals surface area contributed by atoms with E-state index in [1.54, 1.807) is 0 Å². The average Bonchev–Trinajstić information content (AvgIpc) is 1.14. The van der Waals surface area contributed by atoms with Crippen molar-refractivity contribution in [2.45, 2.75) is 15.6 Å². The number of rotatable bonds is 2. The van der Waals surface area contributed by atoms with Crippen molar-refractivity contribution in [3.8, 4) is 0 Å². The van der Waals surface area contributed by atoms with Crippen LogP contribution in [0.5, 0.6) is 0 Å². The maximum absolute atomic E-state index is 6.00. The van der Waals surface area contributed by atoms with Gasteiger partial charge in [0.1, 0.15) is 0 Å². The molecule has 0 saturated heterocycles. The zero-order valence-electron chi connectivity index (χ0n) is 5.22. The van der Waals surface area contributed by atoms with Gasteiger partial charge in [0, 0.05) is 0 Å². The molecule has 0 atom stereocenters. The van der Waals surface area contributed by atoms with Crippen LogP contribution in [0.3, 0.4) is 0 Å². The first-order chi connectivity index (χ1) is 3.71. The van der Waals surface area contributed by atoms with E-state index < -0.39 is 22.8 Å². The van der Waals surface area contributed by atoms with Gasteiger partial charge in [0.2, 0.25) is 0 Å². The van der Waals surface area contributed by atoms with Gasteiger partial charge in [0.25, 0.3) is 0 Å². The Morgan fingerprint density at radius 3 is 1.33 bits per heavy atom. The SMILES string of the molecule is [CH3][Ge]([CH3])([Cl])[CH2][Ge]([Cl])([Cl])[Cl]. The van der Waals surface area contributed by atoms with E-state index in [9.17, 15) is 0 Å². The van der Waals surface area contributed by atoms with Gasteiger partial charge in [-0.25, -0.2) is 0 Å². The van der Waals surface area contributed by atoms with Crippen LogP contribution in [0.4, 0.5) is 0 Å². The predicted molar refractivity (Wildman–Crippen MR) is 51.5 cm³/mol. The molecule has 9 heavy (non-hydrogen) atoms. The Balaban J connectivity index is 3.75. The third-order valence-electron chi connectivity index (χ3n) is 0.621. The summed E-state index contributed by atoms with van der Waals surface area (Å²) >= 11 is -2.08. The molecule has 0 aromatic heterocycles. The first-order valence-electron chi connectivity index (χ1n) is 2.46. The summed E-state index contributed by atoms with van der Waals surface area (Å²) in [4.78, 5) is 0. The fourth-order valence-corrected chi connectivity index (χ4v) is 50.9. The van der Waals surface area contributed by atoms with Crippen molar-refractivity contribution in [2.75, 3.05) is 0 Å². The van der Waals surface area contributed by atoms with Crippen molar-refractivity contribution in [3.05, 3.63) is 0 Å². The number of hydrogen-bond donors (Lipinski definition) is 0. The standard InChI is InChI=1S/C3H8Cl4Ge2/c1-8(2,4)3-9(5,6)7/h3H2,1-2H3. The Bertz CT molecular complexity index is 79.0. The summed E-state index contributed by atoms with van der Waals surface area (Å²) in [5.41, 5.74) is 0. The van der Waals surface area contributed by atoms with Gasteiger partial charge < -0.3 is 0 Å². The molecule has 0 bridgehead atoms. The van der Waals surface area contributed by atoms with Gasteiger partial charge in [-0.3, -0.25) is 0 Å². The second-order valence-corrected chi connectivity index (χ2v) is 35.3. The monoisotopic (exact) mass is 332 g/mol. The molecule has 0 aliphatic rings. The predicted octanol–water partition coefficient (Wildman–Crippen LogP) is 3.62. The third-order valence-corrected chi connectivity index (χ3v) is 31.2. The summed E-state index contributed by atoms with van der Waals surface area (Å²) in [7, 11) is 20.2. The fraction of sp³-hybridized carbons (Fsp3) is 1.00. The molecule has 0 aromatic rings. The molecule has 0 saturated carbocycles. The number of hydrogen-bond acceptors (Lipinski definition) is 0. The topological polar surface area (TPSA) is 0 Å². The molecule has 0 heterocycles. The van der Waals surface area contributed by atoms with Crippen LogP contribution in [0, 0.1) is 0 Å². The molecule has 0 N–H and O–H groups in total. The van der Waals surface area contributed by atoms with Crippen LogP contribution in [0.2, 0.25) is 15.6 Å². The molecular weight excluding hydrogens is 323 g/mol. The first-order valence-corrected chi connectivity index (χ1v) is 20.7. The molecule has 56 valence electrons. The van der Waals surface area contributed by atoms with Crippen molar-refractivity contribution in [3.63, 3.8) is 0 Å². The van der Waals surface area contributed by atoms with E-state index in [1.165, 1.54) is 0 Å². The first kappa shape index (κ1) is 11.2. The van der Waals surface area contributed by atoms with Crippen LogP contribution >= 0.6 is 40.0 Å².